The number of rotatable bonds is 5. The van der Waals surface area contributed by atoms with Crippen LogP contribution in [0.5, 0.6) is 0 Å². The van der Waals surface area contributed by atoms with E-state index in [0.717, 1.165) is 5.82 Å². The van der Waals surface area contributed by atoms with Crippen molar-refractivity contribution in [3.05, 3.63) is 46.2 Å². The topological polar surface area (TPSA) is 93.1 Å². The van der Waals surface area contributed by atoms with E-state index >= 15 is 0 Å². The van der Waals surface area contributed by atoms with Crippen LogP contribution in [0.4, 0.5) is 0 Å². The molecule has 8 nitrogen and oxygen atoms in total. The van der Waals surface area contributed by atoms with Crippen molar-refractivity contribution in [2.45, 2.75) is 45.8 Å². The van der Waals surface area contributed by atoms with E-state index in [1.807, 2.05) is 10.8 Å². The van der Waals surface area contributed by atoms with Gasteiger partial charge in [0.15, 0.2) is 0 Å². The minimum absolute atomic E-state index is 0.0725. The van der Waals surface area contributed by atoms with Crippen molar-refractivity contribution in [1.29, 1.82) is 0 Å². The van der Waals surface area contributed by atoms with Gasteiger partial charge in [-0.1, -0.05) is 13.8 Å². The van der Waals surface area contributed by atoms with Crippen LogP contribution in [-0.2, 0) is 16.1 Å². The fraction of sp³-hybridized carbons (Fsp3) is 0.556. The van der Waals surface area contributed by atoms with Gasteiger partial charge in [0.05, 0.1) is 18.8 Å². The Labute approximate surface area is 152 Å². The average Bonchev–Trinajstić information content (AvgIpc) is 3.08. The van der Waals surface area contributed by atoms with Gasteiger partial charge in [-0.3, -0.25) is 9.59 Å². The molecule has 0 aromatic carbocycles. The number of aromatic nitrogens is 4. The van der Waals surface area contributed by atoms with E-state index in [-0.39, 0.29) is 17.6 Å². The van der Waals surface area contributed by atoms with Crippen LogP contribution >= 0.6 is 0 Å². The summed E-state index contributed by atoms with van der Waals surface area (Å²) in [5.41, 5.74) is 0.362. The number of nitrogens with zero attached hydrogens (tertiary/aromatic N) is 4. The monoisotopic (exact) mass is 359 g/mol. The van der Waals surface area contributed by atoms with Crippen LogP contribution in [0.2, 0.25) is 0 Å². The van der Waals surface area contributed by atoms with Crippen LogP contribution in [-0.4, -0.2) is 50.0 Å². The van der Waals surface area contributed by atoms with Gasteiger partial charge in [0.2, 0.25) is 5.91 Å². The standard InChI is InChI=1S/C18H25N5O3/c1-12(2)18-19-5-7-22(18)6-4-17(25)23-8-9-26-15(11-23)14-10-16(24)21-13(3)20-14/h5,7,10,12,15H,4,6,8-9,11H2,1-3H3,(H,20,21,24)/t15-/m0/s1. The molecule has 2 aromatic heterocycles. The number of aryl methyl sites for hydroxylation is 2. The van der Waals surface area contributed by atoms with Crippen LogP contribution in [0.15, 0.2) is 23.3 Å². The number of morpholine rings is 1. The van der Waals surface area contributed by atoms with Gasteiger partial charge in [-0.15, -0.1) is 0 Å². The van der Waals surface area contributed by atoms with Gasteiger partial charge in [-0.05, 0) is 6.92 Å². The van der Waals surface area contributed by atoms with Gasteiger partial charge in [0, 0.05) is 43.9 Å². The maximum Gasteiger partial charge on any atom is 0.251 e. The molecule has 3 heterocycles. The highest BCUT2D eigenvalue weighted by Gasteiger charge is 2.26. The second kappa shape index (κ2) is 7.82. The van der Waals surface area contributed by atoms with Crippen molar-refractivity contribution in [3.63, 3.8) is 0 Å². The molecule has 0 unspecified atom stereocenters. The number of hydrogen-bond acceptors (Lipinski definition) is 5. The molecule has 1 amide bonds. The summed E-state index contributed by atoms with van der Waals surface area (Å²) in [6, 6.07) is 1.44. The number of carbonyl (C=O) groups is 1. The first-order valence-corrected chi connectivity index (χ1v) is 8.92. The van der Waals surface area contributed by atoms with Gasteiger partial charge >= 0.3 is 0 Å². The number of ether oxygens (including phenoxy) is 1. The molecular weight excluding hydrogens is 334 g/mol. The fourth-order valence-corrected chi connectivity index (χ4v) is 3.21. The lowest BCUT2D eigenvalue weighted by molar-refractivity contribution is -0.139. The maximum absolute atomic E-state index is 12.6. The Morgan fingerprint density at radius 2 is 2.27 bits per heavy atom. The normalized spacial score (nSPS) is 17.7. The van der Waals surface area contributed by atoms with Crippen LogP contribution in [0.3, 0.4) is 0 Å². The second-order valence-electron chi connectivity index (χ2n) is 6.84. The zero-order valence-electron chi connectivity index (χ0n) is 15.4. The van der Waals surface area contributed by atoms with E-state index in [1.54, 1.807) is 18.0 Å². The Kier molecular flexibility index (Phi) is 5.51. The van der Waals surface area contributed by atoms with Crippen molar-refractivity contribution in [2.24, 2.45) is 0 Å². The predicted molar refractivity (Wildman–Crippen MR) is 95.8 cm³/mol. The number of H-pyrrole nitrogens is 1. The lowest BCUT2D eigenvalue weighted by Gasteiger charge is -2.32. The average molecular weight is 359 g/mol. The van der Waals surface area contributed by atoms with Crippen LogP contribution in [0, 0.1) is 6.92 Å². The highest BCUT2D eigenvalue weighted by Crippen LogP contribution is 2.20. The smallest absolute Gasteiger partial charge is 0.251 e. The van der Waals surface area contributed by atoms with Crippen molar-refractivity contribution in [1.82, 2.24) is 24.4 Å². The molecule has 0 aliphatic carbocycles. The molecule has 3 rings (SSSR count). The zero-order valence-corrected chi connectivity index (χ0v) is 15.4. The third-order valence-electron chi connectivity index (χ3n) is 4.46. The van der Waals surface area contributed by atoms with Crippen molar-refractivity contribution in [2.75, 3.05) is 19.7 Å². The van der Waals surface area contributed by atoms with Crippen molar-refractivity contribution in [3.8, 4) is 0 Å². The van der Waals surface area contributed by atoms with Gasteiger partial charge in [-0.2, -0.15) is 0 Å². The van der Waals surface area contributed by atoms with Crippen LogP contribution in [0.1, 0.15) is 49.6 Å². The first-order chi connectivity index (χ1) is 12.4. The lowest BCUT2D eigenvalue weighted by Crippen LogP contribution is -2.43. The molecule has 1 N–H and O–H groups in total. The number of aromatic amines is 1. The number of amides is 1. The summed E-state index contributed by atoms with van der Waals surface area (Å²) in [7, 11) is 0. The summed E-state index contributed by atoms with van der Waals surface area (Å²) in [4.78, 5) is 37.4. The second-order valence-corrected chi connectivity index (χ2v) is 6.84. The van der Waals surface area contributed by atoms with Gasteiger partial charge in [0.1, 0.15) is 17.8 Å². The van der Waals surface area contributed by atoms with E-state index < -0.39 is 0 Å². The van der Waals surface area contributed by atoms with E-state index in [1.165, 1.54) is 6.07 Å². The number of hydrogen-bond donors (Lipinski definition) is 1. The highest BCUT2D eigenvalue weighted by atomic mass is 16.5. The molecule has 0 spiro atoms. The minimum Gasteiger partial charge on any atom is -0.368 e. The Balaban J connectivity index is 1.62. The molecule has 8 heteroatoms. The molecule has 0 saturated carbocycles. The van der Waals surface area contributed by atoms with Gasteiger partial charge in [0.25, 0.3) is 5.56 Å². The Bertz CT molecular complexity index is 826. The maximum atomic E-state index is 12.6. The quantitative estimate of drug-likeness (QED) is 0.871. The number of carbonyl (C=O) groups excluding carboxylic acids is 1. The molecule has 26 heavy (non-hydrogen) atoms. The molecule has 1 atom stereocenters. The largest absolute Gasteiger partial charge is 0.368 e. The van der Waals surface area contributed by atoms with Crippen molar-refractivity contribution < 1.29 is 9.53 Å². The Morgan fingerprint density at radius 1 is 1.46 bits per heavy atom. The summed E-state index contributed by atoms with van der Waals surface area (Å²) in [5, 5.41) is 0. The summed E-state index contributed by atoms with van der Waals surface area (Å²) in [5.74, 6) is 1.92. The third-order valence-corrected chi connectivity index (χ3v) is 4.46. The molecular formula is C18H25N5O3. The van der Waals surface area contributed by atoms with E-state index in [0.29, 0.717) is 50.1 Å². The summed E-state index contributed by atoms with van der Waals surface area (Å²) >= 11 is 0. The Morgan fingerprint density at radius 3 is 3.00 bits per heavy atom. The fourth-order valence-electron chi connectivity index (χ4n) is 3.21. The van der Waals surface area contributed by atoms with Crippen LogP contribution < -0.4 is 5.56 Å². The SMILES string of the molecule is Cc1nc([C@@H]2CN(C(=O)CCn3ccnc3C(C)C)CCO2)cc(=O)[nH]1. The predicted octanol–water partition coefficient (Wildman–Crippen LogP) is 1.39. The molecule has 1 fully saturated rings. The molecule has 0 radical (unpaired) electrons. The van der Waals surface area contributed by atoms with Gasteiger partial charge in [-0.25, -0.2) is 9.97 Å². The van der Waals surface area contributed by atoms with Crippen molar-refractivity contribution >= 4 is 5.91 Å². The lowest BCUT2D eigenvalue weighted by atomic mass is 10.2. The molecule has 140 valence electrons. The molecule has 1 aliphatic heterocycles. The molecule has 1 saturated heterocycles. The summed E-state index contributed by atoms with van der Waals surface area (Å²) in [6.45, 7) is 7.92. The molecule has 1 aliphatic rings. The minimum atomic E-state index is -0.367. The summed E-state index contributed by atoms with van der Waals surface area (Å²) < 4.78 is 7.76. The van der Waals surface area contributed by atoms with Gasteiger partial charge < -0.3 is 19.2 Å². The highest BCUT2D eigenvalue weighted by molar-refractivity contribution is 5.76. The third kappa shape index (κ3) is 4.19. The summed E-state index contributed by atoms with van der Waals surface area (Å²) in [6.07, 6.45) is 3.72. The molecule has 0 bridgehead atoms. The number of nitrogens with one attached hydrogen (secondary N) is 1. The van der Waals surface area contributed by atoms with E-state index in [4.69, 9.17) is 4.74 Å². The zero-order chi connectivity index (χ0) is 18.7. The van der Waals surface area contributed by atoms with Crippen LogP contribution in [0.25, 0.3) is 0 Å². The van der Waals surface area contributed by atoms with E-state index in [2.05, 4.69) is 28.8 Å². The van der Waals surface area contributed by atoms with E-state index in [9.17, 15) is 9.59 Å². The molecule has 2 aromatic rings. The Hall–Kier alpha value is -2.48. The first kappa shape index (κ1) is 18.3. The number of imidazole rings is 1. The first-order valence-electron chi connectivity index (χ1n) is 8.92.